The Balaban J connectivity index is 1.84. The van der Waals surface area contributed by atoms with E-state index in [1.165, 1.54) is 34.2 Å². The summed E-state index contributed by atoms with van der Waals surface area (Å²) in [7, 11) is 0. The summed E-state index contributed by atoms with van der Waals surface area (Å²) >= 11 is 0. The first-order valence-corrected chi connectivity index (χ1v) is 9.58. The molecule has 0 fully saturated rings. The van der Waals surface area contributed by atoms with Crippen LogP contribution < -0.4 is 0 Å². The van der Waals surface area contributed by atoms with Crippen LogP contribution in [0, 0.1) is 6.92 Å². The minimum Gasteiger partial charge on any atom is -0.0988 e. The van der Waals surface area contributed by atoms with Gasteiger partial charge in [-0.3, -0.25) is 0 Å². The Bertz CT molecular complexity index is 671. The molecule has 0 spiro atoms. The van der Waals surface area contributed by atoms with Crippen LogP contribution in [-0.2, 0) is 12.8 Å². The quantitative estimate of drug-likeness (QED) is 0.426. The second kappa shape index (κ2) is 10.0. The Kier molecular flexibility index (Phi) is 7.73. The van der Waals surface area contributed by atoms with Gasteiger partial charge < -0.3 is 0 Å². The third kappa shape index (κ3) is 6.38. The molecule has 0 heterocycles. The summed E-state index contributed by atoms with van der Waals surface area (Å²) < 4.78 is 0. The van der Waals surface area contributed by atoms with Gasteiger partial charge in [-0.1, -0.05) is 92.2 Å². The van der Waals surface area contributed by atoms with Gasteiger partial charge in [-0.25, -0.2) is 0 Å². The Morgan fingerprint density at radius 3 is 2.12 bits per heavy atom. The van der Waals surface area contributed by atoms with Crippen molar-refractivity contribution in [2.75, 3.05) is 0 Å². The average molecular weight is 333 g/mol. The normalized spacial score (nSPS) is 12.8. The van der Waals surface area contributed by atoms with Crippen molar-refractivity contribution in [2.45, 2.75) is 58.8 Å². The zero-order valence-electron chi connectivity index (χ0n) is 16.1. The predicted molar refractivity (Wildman–Crippen MR) is 111 cm³/mol. The molecule has 1 atom stereocenters. The van der Waals surface area contributed by atoms with Crippen LogP contribution in [0.3, 0.4) is 0 Å². The van der Waals surface area contributed by atoms with Crippen LogP contribution in [-0.4, -0.2) is 0 Å². The molecule has 0 bridgehead atoms. The molecule has 0 saturated carbocycles. The molecule has 2 aromatic rings. The maximum Gasteiger partial charge on any atom is -0.0187 e. The first-order valence-electron chi connectivity index (χ1n) is 9.58. The fourth-order valence-electron chi connectivity index (χ4n) is 3.16. The SMILES string of the molecule is C=C/C(=C\CC)CCc1ccc(CCC(C)c2ccc(C)cc2)cc1. The van der Waals surface area contributed by atoms with Crippen molar-refractivity contribution in [3.05, 3.63) is 95.1 Å². The molecule has 2 aromatic carbocycles. The van der Waals surface area contributed by atoms with E-state index in [1.807, 2.05) is 6.08 Å². The van der Waals surface area contributed by atoms with Crippen LogP contribution in [0.25, 0.3) is 0 Å². The predicted octanol–water partition coefficient (Wildman–Crippen LogP) is 7.19. The summed E-state index contributed by atoms with van der Waals surface area (Å²) in [6.07, 6.45) is 9.86. The largest absolute Gasteiger partial charge is 0.0988 e. The molecular weight excluding hydrogens is 300 g/mol. The maximum absolute atomic E-state index is 3.91. The van der Waals surface area contributed by atoms with Gasteiger partial charge in [0.2, 0.25) is 0 Å². The molecule has 25 heavy (non-hydrogen) atoms. The molecule has 1 unspecified atom stereocenters. The molecule has 0 nitrogen and oxygen atoms in total. The van der Waals surface area contributed by atoms with E-state index in [-0.39, 0.29) is 0 Å². The molecule has 0 N–H and O–H groups in total. The van der Waals surface area contributed by atoms with E-state index < -0.39 is 0 Å². The summed E-state index contributed by atoms with van der Waals surface area (Å²) in [5, 5.41) is 0. The van der Waals surface area contributed by atoms with Crippen LogP contribution in [0.5, 0.6) is 0 Å². The highest BCUT2D eigenvalue weighted by molar-refractivity contribution is 5.27. The molecule has 0 aliphatic carbocycles. The van der Waals surface area contributed by atoms with Crippen molar-refractivity contribution in [2.24, 2.45) is 0 Å². The molecule has 0 aliphatic rings. The fourth-order valence-corrected chi connectivity index (χ4v) is 3.16. The van der Waals surface area contributed by atoms with Gasteiger partial charge in [0.1, 0.15) is 0 Å². The highest BCUT2D eigenvalue weighted by Crippen LogP contribution is 2.22. The van der Waals surface area contributed by atoms with Crippen LogP contribution >= 0.6 is 0 Å². The Hall–Kier alpha value is -2.08. The van der Waals surface area contributed by atoms with E-state index in [0.717, 1.165) is 25.7 Å². The van der Waals surface area contributed by atoms with E-state index in [4.69, 9.17) is 0 Å². The van der Waals surface area contributed by atoms with E-state index in [2.05, 4.69) is 82.0 Å². The van der Waals surface area contributed by atoms with Crippen molar-refractivity contribution in [3.8, 4) is 0 Å². The monoisotopic (exact) mass is 332 g/mol. The molecule has 132 valence electrons. The second-order valence-corrected chi connectivity index (χ2v) is 7.06. The van der Waals surface area contributed by atoms with Crippen molar-refractivity contribution in [1.82, 2.24) is 0 Å². The molecule has 2 rings (SSSR count). The van der Waals surface area contributed by atoms with Crippen LogP contribution in [0.15, 0.2) is 72.8 Å². The molecule has 0 aromatic heterocycles. The summed E-state index contributed by atoms with van der Waals surface area (Å²) in [5.41, 5.74) is 7.00. The van der Waals surface area contributed by atoms with Gasteiger partial charge in [-0.15, -0.1) is 0 Å². The smallest absolute Gasteiger partial charge is 0.0187 e. The number of hydrogen-bond acceptors (Lipinski definition) is 0. The van der Waals surface area contributed by atoms with E-state index in [9.17, 15) is 0 Å². The first kappa shape index (κ1) is 19.2. The maximum atomic E-state index is 3.91. The first-order chi connectivity index (χ1) is 12.1. The van der Waals surface area contributed by atoms with Crippen molar-refractivity contribution in [3.63, 3.8) is 0 Å². The Labute approximate surface area is 154 Å². The van der Waals surface area contributed by atoms with Gasteiger partial charge in [-0.05, 0) is 61.6 Å². The molecule has 0 heteroatoms. The highest BCUT2D eigenvalue weighted by Gasteiger charge is 2.06. The Morgan fingerprint density at radius 1 is 0.960 bits per heavy atom. The number of allylic oxidation sites excluding steroid dienone is 3. The summed E-state index contributed by atoms with van der Waals surface area (Å²) in [6, 6.07) is 18.1. The average Bonchev–Trinajstić information content (AvgIpc) is 2.64. The fraction of sp³-hybridized carbons (Fsp3) is 0.360. The summed E-state index contributed by atoms with van der Waals surface area (Å²) in [6.45, 7) is 10.6. The molecule has 0 radical (unpaired) electrons. The summed E-state index contributed by atoms with van der Waals surface area (Å²) in [5.74, 6) is 0.606. The van der Waals surface area contributed by atoms with Crippen LogP contribution in [0.4, 0.5) is 0 Å². The van der Waals surface area contributed by atoms with Gasteiger partial charge in [0.05, 0.1) is 0 Å². The molecule has 0 aliphatic heterocycles. The third-order valence-electron chi connectivity index (χ3n) is 4.97. The zero-order chi connectivity index (χ0) is 18.1. The zero-order valence-corrected chi connectivity index (χ0v) is 16.1. The van der Waals surface area contributed by atoms with Crippen molar-refractivity contribution in [1.29, 1.82) is 0 Å². The van der Waals surface area contributed by atoms with Crippen LogP contribution in [0.1, 0.15) is 61.3 Å². The number of aryl methyl sites for hydroxylation is 3. The number of rotatable bonds is 9. The Morgan fingerprint density at radius 2 is 1.56 bits per heavy atom. The standard InChI is InChI=1S/C25H32/c1-5-7-22(6-2)12-13-24-16-14-23(15-17-24)11-10-21(4)25-18-8-20(3)9-19-25/h6-9,14-19,21H,2,5,10-13H2,1,3-4H3/b22-7+. The lowest BCUT2D eigenvalue weighted by Gasteiger charge is -2.12. The van der Waals surface area contributed by atoms with Crippen molar-refractivity contribution < 1.29 is 0 Å². The lowest BCUT2D eigenvalue weighted by atomic mass is 9.93. The van der Waals surface area contributed by atoms with Gasteiger partial charge in [-0.2, -0.15) is 0 Å². The minimum atomic E-state index is 0.606. The van der Waals surface area contributed by atoms with Crippen LogP contribution in [0.2, 0.25) is 0 Å². The van der Waals surface area contributed by atoms with Gasteiger partial charge in [0.25, 0.3) is 0 Å². The van der Waals surface area contributed by atoms with E-state index >= 15 is 0 Å². The van der Waals surface area contributed by atoms with Gasteiger partial charge in [0, 0.05) is 0 Å². The second-order valence-electron chi connectivity index (χ2n) is 7.06. The van der Waals surface area contributed by atoms with Gasteiger partial charge >= 0.3 is 0 Å². The van der Waals surface area contributed by atoms with E-state index in [1.54, 1.807) is 0 Å². The summed E-state index contributed by atoms with van der Waals surface area (Å²) in [4.78, 5) is 0. The topological polar surface area (TPSA) is 0 Å². The minimum absolute atomic E-state index is 0.606. The molecular formula is C25H32. The lowest BCUT2D eigenvalue weighted by molar-refractivity contribution is 0.679. The lowest BCUT2D eigenvalue weighted by Crippen LogP contribution is -1.97. The molecule has 0 amide bonds. The highest BCUT2D eigenvalue weighted by atomic mass is 14.1. The third-order valence-corrected chi connectivity index (χ3v) is 4.97. The molecule has 0 saturated heterocycles. The van der Waals surface area contributed by atoms with Gasteiger partial charge in [0.15, 0.2) is 0 Å². The van der Waals surface area contributed by atoms with E-state index in [0.29, 0.717) is 5.92 Å². The number of hydrogen-bond donors (Lipinski definition) is 0. The van der Waals surface area contributed by atoms with Crippen molar-refractivity contribution >= 4 is 0 Å². The number of benzene rings is 2.